The van der Waals surface area contributed by atoms with Crippen molar-refractivity contribution in [3.63, 3.8) is 0 Å². The zero-order valence-electron chi connectivity index (χ0n) is 18.7. The van der Waals surface area contributed by atoms with Crippen molar-refractivity contribution in [2.24, 2.45) is 0 Å². The first kappa shape index (κ1) is 24.4. The molecule has 1 amide bonds. The fraction of sp³-hybridized carbons (Fsp3) is 0.308. The Morgan fingerprint density at radius 1 is 1.06 bits per heavy atom. The number of hydrogen-bond donors (Lipinski definition) is 5. The lowest BCUT2D eigenvalue weighted by molar-refractivity contribution is -0.120. The van der Waals surface area contributed by atoms with Gasteiger partial charge < -0.3 is 26.0 Å². The summed E-state index contributed by atoms with van der Waals surface area (Å²) in [5.74, 6) is -0.0279. The van der Waals surface area contributed by atoms with Gasteiger partial charge in [0.15, 0.2) is 0 Å². The first-order valence-electron chi connectivity index (χ1n) is 11.0. The monoisotopic (exact) mass is 449 g/mol. The molecule has 174 valence electrons. The molecular weight excluding hydrogens is 418 g/mol. The van der Waals surface area contributed by atoms with E-state index in [0.29, 0.717) is 30.6 Å². The molecule has 2 atom stereocenters. The molecule has 0 aliphatic rings. The Morgan fingerprint density at radius 2 is 1.82 bits per heavy atom. The summed E-state index contributed by atoms with van der Waals surface area (Å²) in [5.41, 5.74) is 3.94. The molecular formula is C26H31N3O4. The molecule has 0 saturated carbocycles. The van der Waals surface area contributed by atoms with E-state index in [1.165, 1.54) is 6.07 Å². The number of carbonyl (C=O) groups is 1. The average molecular weight is 450 g/mol. The largest absolute Gasteiger partial charge is 0.508 e. The summed E-state index contributed by atoms with van der Waals surface area (Å²) in [6.45, 7) is 2.53. The van der Waals surface area contributed by atoms with Crippen molar-refractivity contribution < 1.29 is 20.1 Å². The van der Waals surface area contributed by atoms with Crippen molar-refractivity contribution in [2.45, 2.75) is 45.1 Å². The van der Waals surface area contributed by atoms with Gasteiger partial charge in [-0.3, -0.25) is 9.78 Å². The first-order valence-corrected chi connectivity index (χ1v) is 11.0. The number of amides is 1. The number of aliphatic hydroxyl groups excluding tert-OH is 2. The molecule has 3 rings (SSSR count). The molecule has 0 fully saturated rings. The van der Waals surface area contributed by atoms with Gasteiger partial charge in [0.2, 0.25) is 5.91 Å². The van der Waals surface area contributed by atoms with Crippen LogP contribution in [0.5, 0.6) is 5.75 Å². The highest BCUT2D eigenvalue weighted by Crippen LogP contribution is 2.22. The van der Waals surface area contributed by atoms with Gasteiger partial charge in [-0.05, 0) is 54.3 Å². The number of hydrogen-bond acceptors (Lipinski definition) is 6. The molecule has 0 aliphatic carbocycles. The number of pyridine rings is 1. The lowest BCUT2D eigenvalue weighted by Crippen LogP contribution is -2.32. The van der Waals surface area contributed by atoms with Gasteiger partial charge in [-0.2, -0.15) is 0 Å². The topological polar surface area (TPSA) is 115 Å². The van der Waals surface area contributed by atoms with E-state index in [1.807, 2.05) is 49.4 Å². The van der Waals surface area contributed by atoms with Gasteiger partial charge >= 0.3 is 0 Å². The molecule has 2 aromatic carbocycles. The van der Waals surface area contributed by atoms with Crippen molar-refractivity contribution in [2.75, 3.05) is 6.54 Å². The van der Waals surface area contributed by atoms with E-state index in [0.717, 1.165) is 23.2 Å². The molecule has 0 bridgehead atoms. The second kappa shape index (κ2) is 12.1. The van der Waals surface area contributed by atoms with E-state index in [-0.39, 0.29) is 24.3 Å². The van der Waals surface area contributed by atoms with E-state index >= 15 is 0 Å². The second-order valence-corrected chi connectivity index (χ2v) is 8.17. The minimum Gasteiger partial charge on any atom is -0.508 e. The molecule has 0 spiro atoms. The van der Waals surface area contributed by atoms with Crippen LogP contribution in [0, 0.1) is 0 Å². The van der Waals surface area contributed by atoms with Crippen LogP contribution >= 0.6 is 0 Å². The lowest BCUT2D eigenvalue weighted by Gasteiger charge is -2.18. The summed E-state index contributed by atoms with van der Waals surface area (Å²) in [5, 5.41) is 35.5. The predicted octanol–water partition coefficient (Wildman–Crippen LogP) is 2.39. The minimum absolute atomic E-state index is 0.0175. The molecule has 1 heterocycles. The third-order valence-electron chi connectivity index (χ3n) is 5.44. The number of aromatic hydroxyl groups is 1. The summed E-state index contributed by atoms with van der Waals surface area (Å²) < 4.78 is 0. The zero-order valence-corrected chi connectivity index (χ0v) is 18.7. The van der Waals surface area contributed by atoms with Crippen LogP contribution in [0.1, 0.15) is 41.0 Å². The molecule has 7 heteroatoms. The summed E-state index contributed by atoms with van der Waals surface area (Å²) in [4.78, 5) is 16.4. The summed E-state index contributed by atoms with van der Waals surface area (Å²) in [6.07, 6.45) is 2.05. The quantitative estimate of drug-likeness (QED) is 0.307. The molecule has 33 heavy (non-hydrogen) atoms. The van der Waals surface area contributed by atoms with Crippen molar-refractivity contribution in [3.8, 4) is 5.75 Å². The standard InChI is InChI=1S/C26H31N3O4/c1-18(28-16-25(32)21-9-10-24(31)22(14-21)17-30)12-19-5-7-20(8-6-19)13-26(33)29-15-23-4-2-3-11-27-23/h2-11,14,18,25,28,30-32H,12-13,15-17H2,1H3,(H,29,33)/t18-,25+/m1/s1. The fourth-order valence-electron chi connectivity index (χ4n) is 3.53. The highest BCUT2D eigenvalue weighted by Gasteiger charge is 2.12. The number of carbonyl (C=O) groups excluding carboxylic acids is 1. The normalized spacial score (nSPS) is 12.8. The lowest BCUT2D eigenvalue weighted by atomic mass is 10.0. The Kier molecular flexibility index (Phi) is 8.95. The van der Waals surface area contributed by atoms with Gasteiger partial charge in [-0.15, -0.1) is 0 Å². The Bertz CT molecular complexity index is 1030. The molecule has 0 saturated heterocycles. The van der Waals surface area contributed by atoms with Crippen LogP contribution in [0.15, 0.2) is 66.9 Å². The smallest absolute Gasteiger partial charge is 0.224 e. The first-order chi connectivity index (χ1) is 15.9. The number of nitrogens with one attached hydrogen (secondary N) is 2. The summed E-state index contributed by atoms with van der Waals surface area (Å²) >= 11 is 0. The zero-order chi connectivity index (χ0) is 23.6. The molecule has 3 aromatic rings. The Balaban J connectivity index is 1.42. The second-order valence-electron chi connectivity index (χ2n) is 8.17. The Labute approximate surface area is 194 Å². The van der Waals surface area contributed by atoms with E-state index in [2.05, 4.69) is 15.6 Å². The number of nitrogens with zero attached hydrogens (tertiary/aromatic N) is 1. The van der Waals surface area contributed by atoms with Gasteiger partial charge in [0.25, 0.3) is 0 Å². The van der Waals surface area contributed by atoms with Gasteiger partial charge in [-0.1, -0.05) is 36.4 Å². The molecule has 0 unspecified atom stereocenters. The summed E-state index contributed by atoms with van der Waals surface area (Å²) in [6, 6.07) is 18.4. The van der Waals surface area contributed by atoms with E-state index < -0.39 is 6.10 Å². The van der Waals surface area contributed by atoms with Crippen LogP contribution in [0.2, 0.25) is 0 Å². The number of benzene rings is 2. The van der Waals surface area contributed by atoms with Crippen molar-refractivity contribution >= 4 is 5.91 Å². The van der Waals surface area contributed by atoms with E-state index in [4.69, 9.17) is 0 Å². The SMILES string of the molecule is C[C@H](Cc1ccc(CC(=O)NCc2ccccn2)cc1)NC[C@H](O)c1ccc(O)c(CO)c1. The van der Waals surface area contributed by atoms with Gasteiger partial charge in [0.05, 0.1) is 31.4 Å². The molecule has 5 N–H and O–H groups in total. The molecule has 0 aliphatic heterocycles. The highest BCUT2D eigenvalue weighted by atomic mass is 16.3. The molecule has 0 radical (unpaired) electrons. The maximum absolute atomic E-state index is 12.2. The Hall–Kier alpha value is -3.26. The predicted molar refractivity (Wildman–Crippen MR) is 126 cm³/mol. The Morgan fingerprint density at radius 3 is 2.52 bits per heavy atom. The third kappa shape index (κ3) is 7.68. The maximum atomic E-state index is 12.2. The summed E-state index contributed by atoms with van der Waals surface area (Å²) in [7, 11) is 0. The van der Waals surface area contributed by atoms with Crippen LogP contribution in [0.4, 0.5) is 0 Å². The number of aliphatic hydroxyl groups is 2. The molecule has 1 aromatic heterocycles. The van der Waals surface area contributed by atoms with Crippen molar-refractivity contribution in [1.29, 1.82) is 0 Å². The van der Waals surface area contributed by atoms with Crippen LogP contribution in [0.3, 0.4) is 0 Å². The highest BCUT2D eigenvalue weighted by molar-refractivity contribution is 5.78. The molecule has 7 nitrogen and oxygen atoms in total. The maximum Gasteiger partial charge on any atom is 0.224 e. The van der Waals surface area contributed by atoms with Gasteiger partial charge in [0, 0.05) is 24.3 Å². The van der Waals surface area contributed by atoms with Crippen molar-refractivity contribution in [1.82, 2.24) is 15.6 Å². The van der Waals surface area contributed by atoms with Crippen LogP contribution in [0.25, 0.3) is 0 Å². The average Bonchev–Trinajstić information content (AvgIpc) is 2.83. The third-order valence-corrected chi connectivity index (χ3v) is 5.44. The number of phenols is 1. The van der Waals surface area contributed by atoms with Crippen LogP contribution in [-0.4, -0.2) is 38.8 Å². The minimum atomic E-state index is -0.745. The number of aromatic nitrogens is 1. The van der Waals surface area contributed by atoms with Crippen molar-refractivity contribution in [3.05, 3.63) is 94.8 Å². The van der Waals surface area contributed by atoms with Gasteiger partial charge in [-0.25, -0.2) is 0 Å². The van der Waals surface area contributed by atoms with Crippen LogP contribution in [-0.2, 0) is 30.8 Å². The fourth-order valence-corrected chi connectivity index (χ4v) is 3.53. The van der Waals surface area contributed by atoms with Gasteiger partial charge in [0.1, 0.15) is 5.75 Å². The van der Waals surface area contributed by atoms with Crippen LogP contribution < -0.4 is 10.6 Å². The van der Waals surface area contributed by atoms with E-state index in [1.54, 1.807) is 18.3 Å². The number of rotatable bonds is 11. The van der Waals surface area contributed by atoms with E-state index in [9.17, 15) is 20.1 Å².